The molecule has 0 saturated carbocycles. The maximum absolute atomic E-state index is 9.65. The molecular formula is C14H21BrO3. The van der Waals surface area contributed by atoms with Gasteiger partial charge in [-0.3, -0.25) is 0 Å². The highest BCUT2D eigenvalue weighted by Crippen LogP contribution is 2.28. The summed E-state index contributed by atoms with van der Waals surface area (Å²) in [6.07, 6.45) is 3.38. The van der Waals surface area contributed by atoms with Crippen molar-refractivity contribution in [1.29, 1.82) is 0 Å². The molecule has 18 heavy (non-hydrogen) atoms. The van der Waals surface area contributed by atoms with Crippen molar-refractivity contribution in [2.24, 2.45) is 0 Å². The number of hydrogen-bond acceptors (Lipinski definition) is 3. The van der Waals surface area contributed by atoms with Crippen LogP contribution in [0, 0.1) is 0 Å². The maximum atomic E-state index is 9.65. The van der Waals surface area contributed by atoms with E-state index in [1.54, 1.807) is 6.92 Å². The van der Waals surface area contributed by atoms with Crippen LogP contribution in [0.5, 0.6) is 5.75 Å². The Hall–Kier alpha value is -0.580. The van der Waals surface area contributed by atoms with Crippen molar-refractivity contribution in [3.05, 3.63) is 28.2 Å². The first kappa shape index (κ1) is 15.5. The fourth-order valence-electron chi connectivity index (χ4n) is 1.73. The Morgan fingerprint density at radius 2 is 1.94 bits per heavy atom. The number of hydrogen-bond donors (Lipinski definition) is 2. The van der Waals surface area contributed by atoms with Crippen LogP contribution in [-0.4, -0.2) is 23.4 Å². The van der Waals surface area contributed by atoms with Crippen molar-refractivity contribution in [3.8, 4) is 5.75 Å². The van der Waals surface area contributed by atoms with Gasteiger partial charge >= 0.3 is 0 Å². The van der Waals surface area contributed by atoms with Gasteiger partial charge in [-0.25, -0.2) is 0 Å². The number of unbranched alkanes of at least 4 members (excludes halogenated alkanes) is 3. The van der Waals surface area contributed by atoms with Crippen molar-refractivity contribution < 1.29 is 14.9 Å². The Labute approximate surface area is 117 Å². The smallest absolute Gasteiger partial charge is 0.126 e. The van der Waals surface area contributed by atoms with Gasteiger partial charge in [0.15, 0.2) is 0 Å². The van der Waals surface area contributed by atoms with Gasteiger partial charge in [0.2, 0.25) is 0 Å². The Kier molecular flexibility index (Phi) is 7.32. The van der Waals surface area contributed by atoms with Crippen molar-refractivity contribution in [2.45, 2.75) is 38.7 Å². The third-order valence-electron chi connectivity index (χ3n) is 2.74. The predicted octanol–water partition coefficient (Wildman–Crippen LogP) is 3.43. The van der Waals surface area contributed by atoms with Crippen LogP contribution >= 0.6 is 15.9 Å². The molecule has 0 aromatic heterocycles. The molecule has 0 heterocycles. The van der Waals surface area contributed by atoms with E-state index in [-0.39, 0.29) is 6.61 Å². The molecule has 0 saturated heterocycles. The topological polar surface area (TPSA) is 49.7 Å². The molecule has 102 valence electrons. The molecule has 1 rings (SSSR count). The number of benzene rings is 1. The molecule has 1 aromatic carbocycles. The minimum absolute atomic E-state index is 0.263. The summed E-state index contributed by atoms with van der Waals surface area (Å²) in [4.78, 5) is 0. The van der Waals surface area contributed by atoms with Gasteiger partial charge in [-0.1, -0.05) is 28.4 Å². The molecular weight excluding hydrogens is 296 g/mol. The highest BCUT2D eigenvalue weighted by atomic mass is 79.9. The van der Waals surface area contributed by atoms with E-state index in [0.717, 1.165) is 41.5 Å². The molecule has 0 amide bonds. The van der Waals surface area contributed by atoms with Crippen molar-refractivity contribution in [3.63, 3.8) is 0 Å². The molecule has 0 radical (unpaired) electrons. The first-order valence-corrected chi connectivity index (χ1v) is 7.15. The second-order valence-electron chi connectivity index (χ2n) is 4.34. The van der Waals surface area contributed by atoms with Crippen LogP contribution in [0.2, 0.25) is 0 Å². The molecule has 0 fully saturated rings. The predicted molar refractivity (Wildman–Crippen MR) is 75.8 cm³/mol. The third-order valence-corrected chi connectivity index (χ3v) is 3.23. The summed E-state index contributed by atoms with van der Waals surface area (Å²) in [5.41, 5.74) is 0.813. The lowest BCUT2D eigenvalue weighted by Crippen LogP contribution is -2.02. The molecule has 0 aliphatic heterocycles. The average molecular weight is 317 g/mol. The van der Waals surface area contributed by atoms with Crippen molar-refractivity contribution in [2.75, 3.05) is 13.2 Å². The van der Waals surface area contributed by atoms with E-state index in [0.29, 0.717) is 6.61 Å². The molecule has 0 aliphatic carbocycles. The lowest BCUT2D eigenvalue weighted by molar-refractivity contribution is 0.190. The van der Waals surface area contributed by atoms with E-state index < -0.39 is 6.10 Å². The van der Waals surface area contributed by atoms with Gasteiger partial charge in [0.1, 0.15) is 5.75 Å². The maximum Gasteiger partial charge on any atom is 0.126 e. The highest BCUT2D eigenvalue weighted by Gasteiger charge is 2.09. The van der Waals surface area contributed by atoms with Gasteiger partial charge < -0.3 is 14.9 Å². The highest BCUT2D eigenvalue weighted by molar-refractivity contribution is 9.10. The van der Waals surface area contributed by atoms with Crippen LogP contribution in [0.25, 0.3) is 0 Å². The summed E-state index contributed by atoms with van der Waals surface area (Å²) in [6.45, 7) is 2.64. The average Bonchev–Trinajstić information content (AvgIpc) is 2.33. The summed E-state index contributed by atoms with van der Waals surface area (Å²) in [5.74, 6) is 0.738. The zero-order chi connectivity index (χ0) is 13.4. The Bertz CT molecular complexity index is 353. The zero-order valence-corrected chi connectivity index (χ0v) is 12.3. The summed E-state index contributed by atoms with van der Waals surface area (Å²) in [7, 11) is 0. The number of aliphatic hydroxyl groups excluding tert-OH is 2. The summed E-state index contributed by atoms with van der Waals surface area (Å²) >= 11 is 3.40. The normalized spacial score (nSPS) is 12.4. The molecule has 1 atom stereocenters. The summed E-state index contributed by atoms with van der Waals surface area (Å²) in [6, 6.07) is 5.65. The first-order chi connectivity index (χ1) is 8.65. The van der Waals surface area contributed by atoms with Crippen molar-refractivity contribution in [1.82, 2.24) is 0 Å². The molecule has 0 bridgehead atoms. The quantitative estimate of drug-likeness (QED) is 0.722. The van der Waals surface area contributed by atoms with Crippen LogP contribution in [0.4, 0.5) is 0 Å². The van der Waals surface area contributed by atoms with E-state index in [1.165, 1.54) is 0 Å². The van der Waals surface area contributed by atoms with E-state index in [9.17, 15) is 5.11 Å². The summed E-state index contributed by atoms with van der Waals surface area (Å²) < 4.78 is 6.65. The van der Waals surface area contributed by atoms with Gasteiger partial charge in [-0.15, -0.1) is 0 Å². The molecule has 0 spiro atoms. The van der Waals surface area contributed by atoms with Crippen LogP contribution in [0.3, 0.4) is 0 Å². The number of halogens is 1. The molecule has 0 aliphatic rings. The van der Waals surface area contributed by atoms with Gasteiger partial charge in [0.25, 0.3) is 0 Å². The van der Waals surface area contributed by atoms with Gasteiger partial charge in [-0.2, -0.15) is 0 Å². The SMILES string of the molecule is CC(O)c1ccc(Br)cc1OCCCCCCO. The lowest BCUT2D eigenvalue weighted by atomic mass is 10.1. The molecule has 3 nitrogen and oxygen atoms in total. The largest absolute Gasteiger partial charge is 0.493 e. The lowest BCUT2D eigenvalue weighted by Gasteiger charge is -2.13. The fraction of sp³-hybridized carbons (Fsp3) is 0.571. The molecule has 2 N–H and O–H groups in total. The van der Waals surface area contributed by atoms with E-state index in [2.05, 4.69) is 15.9 Å². The minimum Gasteiger partial charge on any atom is -0.493 e. The van der Waals surface area contributed by atoms with E-state index in [4.69, 9.17) is 9.84 Å². The standard InChI is InChI=1S/C14H21BrO3/c1-11(17)13-7-6-12(15)10-14(13)18-9-5-3-2-4-8-16/h6-7,10-11,16-17H,2-5,8-9H2,1H3. The van der Waals surface area contributed by atoms with Crippen molar-refractivity contribution >= 4 is 15.9 Å². The van der Waals surface area contributed by atoms with Crippen LogP contribution < -0.4 is 4.74 Å². The van der Waals surface area contributed by atoms with E-state index in [1.807, 2.05) is 18.2 Å². The minimum atomic E-state index is -0.525. The van der Waals surface area contributed by atoms with Gasteiger partial charge in [0.05, 0.1) is 12.7 Å². The fourth-order valence-corrected chi connectivity index (χ4v) is 2.07. The first-order valence-electron chi connectivity index (χ1n) is 6.36. The third kappa shape index (κ3) is 5.38. The van der Waals surface area contributed by atoms with Crippen LogP contribution in [0.1, 0.15) is 44.3 Å². The van der Waals surface area contributed by atoms with Gasteiger partial charge in [-0.05, 0) is 38.3 Å². The summed E-state index contributed by atoms with van der Waals surface area (Å²) in [5, 5.41) is 18.3. The second-order valence-corrected chi connectivity index (χ2v) is 5.26. The molecule has 1 aromatic rings. The second kappa shape index (κ2) is 8.51. The molecule has 4 heteroatoms. The monoisotopic (exact) mass is 316 g/mol. The van der Waals surface area contributed by atoms with Crippen LogP contribution in [-0.2, 0) is 0 Å². The number of rotatable bonds is 8. The number of aliphatic hydroxyl groups is 2. The Morgan fingerprint density at radius 1 is 1.22 bits per heavy atom. The van der Waals surface area contributed by atoms with Crippen LogP contribution in [0.15, 0.2) is 22.7 Å². The Morgan fingerprint density at radius 3 is 2.61 bits per heavy atom. The van der Waals surface area contributed by atoms with E-state index >= 15 is 0 Å². The Balaban J connectivity index is 2.43. The zero-order valence-electron chi connectivity index (χ0n) is 10.7. The van der Waals surface area contributed by atoms with Gasteiger partial charge in [0, 0.05) is 16.6 Å². The number of ether oxygens (including phenoxy) is 1. The molecule has 1 unspecified atom stereocenters.